The molecule has 17 heavy (non-hydrogen) atoms. The molecule has 1 aliphatic rings. The highest BCUT2D eigenvalue weighted by Gasteiger charge is 2.33. The molecular weight excluding hydrogens is 220 g/mol. The molecule has 0 aliphatic heterocycles. The lowest BCUT2D eigenvalue weighted by Crippen LogP contribution is -2.04. The molecule has 1 aliphatic carbocycles. The molecule has 0 amide bonds. The maximum atomic E-state index is 11.8. The van der Waals surface area contributed by atoms with E-state index in [0.717, 1.165) is 18.5 Å². The first-order valence-corrected chi connectivity index (χ1v) is 5.42. The zero-order chi connectivity index (χ0) is 12.0. The number of nitrogen functional groups attached to an aromatic ring is 1. The number of ether oxygens (including phenoxy) is 1. The summed E-state index contributed by atoms with van der Waals surface area (Å²) in [6, 6.07) is 0. The highest BCUT2D eigenvalue weighted by atomic mass is 16.5. The lowest BCUT2D eigenvalue weighted by molar-refractivity contribution is 0.0601. The van der Waals surface area contributed by atoms with Gasteiger partial charge in [-0.15, -0.1) is 0 Å². The van der Waals surface area contributed by atoms with Gasteiger partial charge in [-0.25, -0.2) is 14.3 Å². The number of methoxy groups -OCH3 is 1. The smallest absolute Gasteiger partial charge is 0.343 e. The van der Waals surface area contributed by atoms with Gasteiger partial charge in [-0.3, -0.25) is 0 Å². The van der Waals surface area contributed by atoms with Gasteiger partial charge in [-0.2, -0.15) is 5.10 Å². The third-order valence-corrected chi connectivity index (χ3v) is 2.87. The molecule has 0 aromatic carbocycles. The lowest BCUT2D eigenvalue weighted by atomic mass is 10.2. The summed E-state index contributed by atoms with van der Waals surface area (Å²) in [5.41, 5.74) is 7.90. The van der Waals surface area contributed by atoms with E-state index in [1.807, 2.05) is 0 Å². The van der Waals surface area contributed by atoms with Gasteiger partial charge >= 0.3 is 5.97 Å². The topological polar surface area (TPSA) is 82.5 Å². The van der Waals surface area contributed by atoms with E-state index in [0.29, 0.717) is 22.8 Å². The Labute approximate surface area is 97.4 Å². The van der Waals surface area contributed by atoms with Crippen molar-refractivity contribution in [3.05, 3.63) is 23.7 Å². The second-order valence-electron chi connectivity index (χ2n) is 4.18. The molecule has 6 heteroatoms. The predicted octanol–water partition coefficient (Wildman–Crippen LogP) is 0.976. The van der Waals surface area contributed by atoms with Crippen LogP contribution in [0, 0.1) is 0 Å². The van der Waals surface area contributed by atoms with Crippen molar-refractivity contribution >= 4 is 17.3 Å². The number of carbonyl (C=O) groups excluding carboxylic acids is 1. The van der Waals surface area contributed by atoms with E-state index in [1.165, 1.54) is 13.3 Å². The quantitative estimate of drug-likeness (QED) is 0.780. The van der Waals surface area contributed by atoms with Gasteiger partial charge in [0.1, 0.15) is 5.56 Å². The maximum absolute atomic E-state index is 11.8. The van der Waals surface area contributed by atoms with Gasteiger partial charge in [-0.1, -0.05) is 0 Å². The zero-order valence-electron chi connectivity index (χ0n) is 9.38. The molecule has 2 heterocycles. The minimum Gasteiger partial charge on any atom is -0.465 e. The molecule has 2 aromatic heterocycles. The number of esters is 1. The first-order chi connectivity index (χ1) is 8.20. The van der Waals surface area contributed by atoms with Crippen molar-refractivity contribution in [2.45, 2.75) is 18.8 Å². The summed E-state index contributed by atoms with van der Waals surface area (Å²) in [5.74, 6) is -0.0359. The summed E-state index contributed by atoms with van der Waals surface area (Å²) in [4.78, 5) is 15.9. The number of rotatable bonds is 2. The van der Waals surface area contributed by atoms with Crippen LogP contribution in [0.1, 0.15) is 34.8 Å². The van der Waals surface area contributed by atoms with Crippen LogP contribution in [0.2, 0.25) is 0 Å². The third-order valence-electron chi connectivity index (χ3n) is 2.87. The Kier molecular flexibility index (Phi) is 2.04. The fourth-order valence-electron chi connectivity index (χ4n) is 1.91. The van der Waals surface area contributed by atoms with Crippen molar-refractivity contribution in [2.75, 3.05) is 12.8 Å². The van der Waals surface area contributed by atoms with Crippen molar-refractivity contribution in [1.29, 1.82) is 0 Å². The number of fused-ring (bicyclic) bond motifs is 1. The van der Waals surface area contributed by atoms with E-state index >= 15 is 0 Å². The summed E-state index contributed by atoms with van der Waals surface area (Å²) >= 11 is 0. The third kappa shape index (κ3) is 1.52. The number of nitrogens with zero attached hydrogens (tertiary/aromatic N) is 3. The number of anilines is 1. The van der Waals surface area contributed by atoms with Crippen LogP contribution in [0.25, 0.3) is 5.65 Å². The Balaban J connectivity index is 2.27. The van der Waals surface area contributed by atoms with E-state index in [1.54, 1.807) is 10.7 Å². The molecule has 0 bridgehead atoms. The molecule has 0 unspecified atom stereocenters. The molecule has 0 atom stereocenters. The van der Waals surface area contributed by atoms with Crippen molar-refractivity contribution in [3.8, 4) is 0 Å². The van der Waals surface area contributed by atoms with Crippen LogP contribution in [0.15, 0.2) is 12.4 Å². The summed E-state index contributed by atoms with van der Waals surface area (Å²) < 4.78 is 6.34. The van der Waals surface area contributed by atoms with E-state index in [4.69, 9.17) is 10.5 Å². The Bertz CT molecular complexity index is 601. The van der Waals surface area contributed by atoms with Crippen LogP contribution >= 0.6 is 0 Å². The van der Waals surface area contributed by atoms with Gasteiger partial charge in [0.15, 0.2) is 5.65 Å². The van der Waals surface area contributed by atoms with Crippen LogP contribution < -0.4 is 5.73 Å². The van der Waals surface area contributed by atoms with Gasteiger partial charge in [0, 0.05) is 5.92 Å². The van der Waals surface area contributed by atoms with Crippen LogP contribution in [0.3, 0.4) is 0 Å². The van der Waals surface area contributed by atoms with Crippen molar-refractivity contribution in [1.82, 2.24) is 14.6 Å². The van der Waals surface area contributed by atoms with Crippen molar-refractivity contribution in [3.63, 3.8) is 0 Å². The largest absolute Gasteiger partial charge is 0.465 e. The molecule has 88 valence electrons. The highest BCUT2D eigenvalue weighted by molar-refractivity contribution is 5.97. The molecule has 0 spiro atoms. The minimum absolute atomic E-state index is 0.354. The van der Waals surface area contributed by atoms with Crippen molar-refractivity contribution in [2.24, 2.45) is 0 Å². The molecule has 1 fully saturated rings. The molecule has 0 saturated heterocycles. The van der Waals surface area contributed by atoms with Gasteiger partial charge in [0.2, 0.25) is 0 Å². The Morgan fingerprint density at radius 2 is 2.35 bits per heavy atom. The fraction of sp³-hybridized carbons (Fsp3) is 0.364. The van der Waals surface area contributed by atoms with E-state index in [2.05, 4.69) is 10.1 Å². The van der Waals surface area contributed by atoms with E-state index in [-0.39, 0.29) is 5.97 Å². The first-order valence-electron chi connectivity index (χ1n) is 5.42. The molecular formula is C11H12N4O2. The number of aromatic nitrogens is 3. The van der Waals surface area contributed by atoms with E-state index in [9.17, 15) is 4.79 Å². The Hall–Kier alpha value is -2.11. The SMILES string of the molecule is COC(=O)c1c(C2CC2)nn2cc(N)cnc12. The van der Waals surface area contributed by atoms with Crippen LogP contribution in [0.5, 0.6) is 0 Å². The second-order valence-corrected chi connectivity index (χ2v) is 4.18. The zero-order valence-corrected chi connectivity index (χ0v) is 9.38. The summed E-state index contributed by atoms with van der Waals surface area (Å²) in [6.45, 7) is 0. The standard InChI is InChI=1S/C11H12N4O2/c1-17-11(16)8-9(6-2-3-6)14-15-5-7(12)4-13-10(8)15/h4-6H,2-3,12H2,1H3. The normalized spacial score (nSPS) is 15.1. The summed E-state index contributed by atoms with van der Waals surface area (Å²) in [7, 11) is 1.36. The molecule has 0 radical (unpaired) electrons. The minimum atomic E-state index is -0.390. The monoisotopic (exact) mass is 232 g/mol. The van der Waals surface area contributed by atoms with Gasteiger partial charge < -0.3 is 10.5 Å². The fourth-order valence-corrected chi connectivity index (χ4v) is 1.91. The average Bonchev–Trinajstić information content (AvgIpc) is 3.09. The summed E-state index contributed by atoms with van der Waals surface area (Å²) in [5, 5.41) is 4.38. The summed E-state index contributed by atoms with van der Waals surface area (Å²) in [6.07, 6.45) is 5.29. The number of carbonyl (C=O) groups is 1. The number of nitrogens with two attached hydrogens (primary N) is 1. The van der Waals surface area contributed by atoms with Gasteiger partial charge in [0.05, 0.1) is 30.9 Å². The van der Waals surface area contributed by atoms with Gasteiger partial charge in [0.25, 0.3) is 0 Å². The number of hydrogen-bond acceptors (Lipinski definition) is 5. The first kappa shape index (κ1) is 10.1. The molecule has 1 saturated carbocycles. The molecule has 2 aromatic rings. The number of hydrogen-bond donors (Lipinski definition) is 1. The lowest BCUT2D eigenvalue weighted by Gasteiger charge is -1.98. The maximum Gasteiger partial charge on any atom is 0.343 e. The van der Waals surface area contributed by atoms with Crippen molar-refractivity contribution < 1.29 is 9.53 Å². The van der Waals surface area contributed by atoms with Gasteiger partial charge in [-0.05, 0) is 12.8 Å². The van der Waals surface area contributed by atoms with Crippen LogP contribution in [-0.2, 0) is 4.74 Å². The Morgan fingerprint density at radius 3 is 3.00 bits per heavy atom. The van der Waals surface area contributed by atoms with E-state index < -0.39 is 0 Å². The molecule has 3 rings (SSSR count). The Morgan fingerprint density at radius 1 is 1.59 bits per heavy atom. The second kappa shape index (κ2) is 3.44. The predicted molar refractivity (Wildman–Crippen MR) is 60.7 cm³/mol. The highest BCUT2D eigenvalue weighted by Crippen LogP contribution is 2.41. The molecule has 6 nitrogen and oxygen atoms in total. The average molecular weight is 232 g/mol. The van der Waals surface area contributed by atoms with Crippen LogP contribution in [0.4, 0.5) is 5.69 Å². The van der Waals surface area contributed by atoms with Crippen LogP contribution in [-0.4, -0.2) is 27.7 Å². The molecule has 2 N–H and O–H groups in total.